The molecule has 0 fully saturated rings. The minimum absolute atomic E-state index is 0.191. The van der Waals surface area contributed by atoms with Gasteiger partial charge in [0.25, 0.3) is 5.91 Å². The quantitative estimate of drug-likeness (QED) is 0.627. The predicted molar refractivity (Wildman–Crippen MR) is 116 cm³/mol. The van der Waals surface area contributed by atoms with Crippen molar-refractivity contribution in [3.63, 3.8) is 0 Å². The van der Waals surface area contributed by atoms with Gasteiger partial charge in [-0.05, 0) is 25.5 Å². The lowest BCUT2D eigenvalue weighted by atomic mass is 10.1. The number of aromatic nitrogens is 2. The van der Waals surface area contributed by atoms with Gasteiger partial charge in [-0.1, -0.05) is 61.4 Å². The molecule has 0 spiro atoms. The van der Waals surface area contributed by atoms with Gasteiger partial charge in [0.1, 0.15) is 0 Å². The maximum Gasteiger partial charge on any atom is 0.289 e. The van der Waals surface area contributed by atoms with Crippen molar-refractivity contribution in [1.82, 2.24) is 14.5 Å². The number of benzene rings is 2. The molecule has 0 radical (unpaired) electrons. The van der Waals surface area contributed by atoms with Crippen LogP contribution in [0.4, 0.5) is 0 Å². The van der Waals surface area contributed by atoms with E-state index in [9.17, 15) is 18.0 Å². The van der Waals surface area contributed by atoms with Crippen molar-refractivity contribution in [1.29, 1.82) is 0 Å². The van der Waals surface area contributed by atoms with Crippen LogP contribution in [0.1, 0.15) is 35.8 Å². The van der Waals surface area contributed by atoms with Gasteiger partial charge in [0.15, 0.2) is 5.69 Å². The topological polar surface area (TPSA) is 98.1 Å². The minimum Gasteiger partial charge on any atom is -0.287 e. The molecule has 0 aliphatic rings. The van der Waals surface area contributed by atoms with Crippen LogP contribution in [0.25, 0.3) is 16.9 Å². The molecule has 0 aliphatic carbocycles. The Morgan fingerprint density at radius 2 is 1.73 bits per heavy atom. The second-order valence-electron chi connectivity index (χ2n) is 6.96. The van der Waals surface area contributed by atoms with Crippen molar-refractivity contribution in [2.24, 2.45) is 0 Å². The molecular weight excluding hydrogens is 402 g/mol. The second-order valence-corrected chi connectivity index (χ2v) is 8.80. The zero-order chi connectivity index (χ0) is 21.7. The van der Waals surface area contributed by atoms with Crippen molar-refractivity contribution >= 4 is 15.9 Å². The molecule has 30 heavy (non-hydrogen) atoms. The lowest BCUT2D eigenvalue weighted by Crippen LogP contribution is -2.37. The number of nitrogens with one attached hydrogen (secondary N) is 1. The fourth-order valence-electron chi connectivity index (χ4n) is 2.89. The molecule has 1 N–H and O–H groups in total. The van der Waals surface area contributed by atoms with E-state index in [2.05, 4.69) is 5.10 Å². The van der Waals surface area contributed by atoms with Gasteiger partial charge in [0.2, 0.25) is 15.5 Å². The average Bonchev–Trinajstić information content (AvgIpc) is 2.73. The van der Waals surface area contributed by atoms with Crippen molar-refractivity contribution in [2.45, 2.75) is 26.7 Å². The number of sulfonamides is 1. The Morgan fingerprint density at radius 3 is 2.37 bits per heavy atom. The van der Waals surface area contributed by atoms with Gasteiger partial charge in [-0.25, -0.2) is 17.8 Å². The highest BCUT2D eigenvalue weighted by atomic mass is 32.2. The van der Waals surface area contributed by atoms with Crippen molar-refractivity contribution in [3.05, 3.63) is 82.1 Å². The van der Waals surface area contributed by atoms with Crippen LogP contribution >= 0.6 is 0 Å². The molecule has 3 aromatic rings. The summed E-state index contributed by atoms with van der Waals surface area (Å²) in [7, 11) is -3.84. The first-order valence-electron chi connectivity index (χ1n) is 9.62. The Kier molecular flexibility index (Phi) is 6.47. The van der Waals surface area contributed by atoms with E-state index in [1.54, 1.807) is 0 Å². The van der Waals surface area contributed by atoms with Gasteiger partial charge in [0.05, 0.1) is 17.1 Å². The monoisotopic (exact) mass is 425 g/mol. The van der Waals surface area contributed by atoms with E-state index in [4.69, 9.17) is 0 Å². The third kappa shape index (κ3) is 5.01. The summed E-state index contributed by atoms with van der Waals surface area (Å²) in [5.74, 6) is -1.22. The summed E-state index contributed by atoms with van der Waals surface area (Å²) in [6.07, 6.45) is 1.08. The summed E-state index contributed by atoms with van der Waals surface area (Å²) in [4.78, 5) is 25.2. The van der Waals surface area contributed by atoms with Gasteiger partial charge in [0, 0.05) is 11.6 Å². The van der Waals surface area contributed by atoms with Gasteiger partial charge < -0.3 is 0 Å². The van der Waals surface area contributed by atoms with E-state index in [0.29, 0.717) is 24.2 Å². The highest BCUT2D eigenvalue weighted by Gasteiger charge is 2.22. The molecule has 2 aromatic carbocycles. The first-order valence-corrected chi connectivity index (χ1v) is 11.3. The summed E-state index contributed by atoms with van der Waals surface area (Å²) in [5, 5.41) is 4.24. The van der Waals surface area contributed by atoms with Crippen LogP contribution in [0.15, 0.2) is 65.5 Å². The van der Waals surface area contributed by atoms with Crippen molar-refractivity contribution in [3.8, 4) is 16.9 Å². The smallest absolute Gasteiger partial charge is 0.287 e. The molecule has 3 rings (SSSR count). The van der Waals surface area contributed by atoms with Crippen LogP contribution in [0.3, 0.4) is 0 Å². The van der Waals surface area contributed by atoms with E-state index in [-0.39, 0.29) is 5.75 Å². The number of nitrogens with zero attached hydrogens (tertiary/aromatic N) is 2. The highest BCUT2D eigenvalue weighted by Crippen LogP contribution is 2.21. The molecular formula is C22H23N3O4S. The van der Waals surface area contributed by atoms with Gasteiger partial charge in [-0.2, -0.15) is 5.10 Å². The Morgan fingerprint density at radius 1 is 1.07 bits per heavy atom. The van der Waals surface area contributed by atoms with E-state index in [0.717, 1.165) is 11.1 Å². The maximum absolute atomic E-state index is 12.7. The minimum atomic E-state index is -3.84. The zero-order valence-electron chi connectivity index (χ0n) is 16.8. The molecule has 0 aliphatic heterocycles. The summed E-state index contributed by atoms with van der Waals surface area (Å²) in [5.41, 5.74) is 1.79. The number of amides is 1. The maximum atomic E-state index is 12.7. The number of carbonyl (C=O) groups excluding carboxylic acids is 1. The molecule has 0 bridgehead atoms. The Bertz CT molecular complexity index is 1200. The zero-order valence-corrected chi connectivity index (χ0v) is 17.6. The van der Waals surface area contributed by atoms with Gasteiger partial charge in [-0.15, -0.1) is 0 Å². The van der Waals surface area contributed by atoms with E-state index < -0.39 is 27.1 Å². The number of carbonyl (C=O) groups is 1. The Labute approximate surface area is 175 Å². The third-order valence-electron chi connectivity index (χ3n) is 4.51. The van der Waals surface area contributed by atoms with Gasteiger partial charge in [-0.3, -0.25) is 9.59 Å². The molecule has 156 valence electrons. The molecule has 0 unspecified atom stereocenters. The normalized spacial score (nSPS) is 11.3. The fraction of sp³-hybridized carbons (Fsp3) is 0.227. The molecule has 0 atom stereocenters. The van der Waals surface area contributed by atoms with Gasteiger partial charge >= 0.3 is 0 Å². The van der Waals surface area contributed by atoms with E-state index in [1.165, 1.54) is 10.7 Å². The van der Waals surface area contributed by atoms with E-state index in [1.807, 2.05) is 73.2 Å². The number of hydrogen-bond donors (Lipinski definition) is 1. The average molecular weight is 426 g/mol. The summed E-state index contributed by atoms with van der Waals surface area (Å²) in [6, 6.07) is 17.9. The fourth-order valence-corrected chi connectivity index (χ4v) is 4.04. The summed E-state index contributed by atoms with van der Waals surface area (Å²) in [6.45, 7) is 3.79. The largest absolute Gasteiger partial charge is 0.289 e. The highest BCUT2D eigenvalue weighted by molar-refractivity contribution is 7.90. The molecule has 1 aromatic heterocycles. The predicted octanol–water partition coefficient (Wildman–Crippen LogP) is 3.07. The standard InChI is InChI=1S/C22H23N3O4S/c1-3-4-14-30(28,29)24-22(27)21-20(26)15-19(17-8-6-5-7-9-17)25(23-21)18-12-10-16(2)11-13-18/h5-13,15H,3-4,14H2,1-2H3,(H,24,27). The van der Waals surface area contributed by atoms with Crippen molar-refractivity contribution in [2.75, 3.05) is 5.75 Å². The molecule has 0 saturated carbocycles. The first kappa shape index (κ1) is 21.4. The summed E-state index contributed by atoms with van der Waals surface area (Å²) >= 11 is 0. The Hall–Kier alpha value is -3.26. The van der Waals surface area contributed by atoms with Crippen molar-refractivity contribution < 1.29 is 13.2 Å². The van der Waals surface area contributed by atoms with Crippen LogP contribution in [-0.2, 0) is 10.0 Å². The first-order chi connectivity index (χ1) is 14.3. The third-order valence-corrected chi connectivity index (χ3v) is 5.83. The number of hydrogen-bond acceptors (Lipinski definition) is 5. The number of unbranched alkanes of at least 4 members (excludes halogenated alkanes) is 1. The summed E-state index contributed by atoms with van der Waals surface area (Å²) < 4.78 is 27.6. The van der Waals surface area contributed by atoms with Crippen LogP contribution < -0.4 is 10.2 Å². The number of aryl methyl sites for hydroxylation is 1. The molecule has 1 amide bonds. The van der Waals surface area contributed by atoms with E-state index >= 15 is 0 Å². The van der Waals surface area contributed by atoms with Crippen LogP contribution in [-0.4, -0.2) is 29.9 Å². The molecule has 0 saturated heterocycles. The van der Waals surface area contributed by atoms with Crippen LogP contribution in [0.5, 0.6) is 0 Å². The number of rotatable bonds is 7. The molecule has 7 nitrogen and oxygen atoms in total. The lowest BCUT2D eigenvalue weighted by Gasteiger charge is -2.14. The SMILES string of the molecule is CCCCS(=O)(=O)NC(=O)c1nn(-c2ccc(C)cc2)c(-c2ccccc2)cc1=O. The molecule has 1 heterocycles. The second kappa shape index (κ2) is 9.04. The lowest BCUT2D eigenvalue weighted by molar-refractivity contribution is 0.0974. The Balaban J connectivity index is 2.10. The van der Waals surface area contributed by atoms with Crippen LogP contribution in [0, 0.1) is 6.92 Å². The van der Waals surface area contributed by atoms with Crippen LogP contribution in [0.2, 0.25) is 0 Å². The molecule has 8 heteroatoms.